The van der Waals surface area contributed by atoms with Crippen molar-refractivity contribution in [3.63, 3.8) is 0 Å². The van der Waals surface area contributed by atoms with Gasteiger partial charge in [0.2, 0.25) is 0 Å². The number of ketones is 1. The Morgan fingerprint density at radius 1 is 1.00 bits per heavy atom. The van der Waals surface area contributed by atoms with E-state index in [0.717, 1.165) is 41.8 Å². The number of Topliss-reactive ketones (excluding diaryl/α,β-unsaturated/α-hetero) is 1. The second-order valence-corrected chi connectivity index (χ2v) is 14.8. The van der Waals surface area contributed by atoms with Crippen molar-refractivity contribution in [2.24, 2.45) is 11.3 Å². The topological polar surface area (TPSA) is 57.0 Å². The lowest BCUT2D eigenvalue weighted by Crippen LogP contribution is -2.45. The van der Waals surface area contributed by atoms with Crippen LogP contribution in [-0.4, -0.2) is 27.7 Å². The highest BCUT2D eigenvalue weighted by Gasteiger charge is 2.51. The van der Waals surface area contributed by atoms with Crippen molar-refractivity contribution in [3.8, 4) is 16.9 Å². The summed E-state index contributed by atoms with van der Waals surface area (Å²) in [5.74, 6) is 1.48. The van der Waals surface area contributed by atoms with Crippen LogP contribution in [0.15, 0.2) is 48.9 Å². The zero-order valence-electron chi connectivity index (χ0n) is 26.4. The molecule has 4 fully saturated rings. The highest BCUT2D eigenvalue weighted by molar-refractivity contribution is 5.88. The average molecular weight is 568 g/mol. The number of aryl methyl sites for hydroxylation is 1. The fourth-order valence-corrected chi connectivity index (χ4v) is 8.32. The number of pyridine rings is 1. The number of rotatable bonds is 8. The van der Waals surface area contributed by atoms with Crippen LogP contribution in [0.25, 0.3) is 11.1 Å². The molecule has 0 spiro atoms. The first-order valence-electron chi connectivity index (χ1n) is 16.3. The SMILES string of the molecule is COc1ccc(C23CCC(CC(C(=O)C4CCCCC4)c4cc(-c5cnn(C(C)(C)C)c5)ccn4)(CC2)CC3)cc1C. The van der Waals surface area contributed by atoms with Gasteiger partial charge in [0.15, 0.2) is 0 Å². The van der Waals surface area contributed by atoms with Crippen molar-refractivity contribution in [1.29, 1.82) is 0 Å². The van der Waals surface area contributed by atoms with Gasteiger partial charge in [-0.1, -0.05) is 31.4 Å². The molecule has 0 radical (unpaired) electrons. The molecule has 1 unspecified atom stereocenters. The summed E-state index contributed by atoms with van der Waals surface area (Å²) in [4.78, 5) is 19.2. The molecule has 2 bridgehead atoms. The summed E-state index contributed by atoms with van der Waals surface area (Å²) < 4.78 is 7.57. The highest BCUT2D eigenvalue weighted by atomic mass is 16.5. The fraction of sp³-hybridized carbons (Fsp3) is 0.595. The van der Waals surface area contributed by atoms with Crippen LogP contribution in [0.3, 0.4) is 0 Å². The van der Waals surface area contributed by atoms with E-state index in [4.69, 9.17) is 9.72 Å². The van der Waals surface area contributed by atoms with Gasteiger partial charge in [0.05, 0.1) is 30.5 Å². The lowest BCUT2D eigenvalue weighted by atomic mass is 9.50. The Kier molecular flexibility index (Phi) is 7.82. The number of fused-ring (bicyclic) bond motifs is 3. The second kappa shape index (κ2) is 11.3. The van der Waals surface area contributed by atoms with E-state index < -0.39 is 0 Å². The number of aromatic nitrogens is 3. The minimum atomic E-state index is -0.125. The second-order valence-electron chi connectivity index (χ2n) is 14.8. The Hall–Kier alpha value is -2.95. The molecule has 2 aromatic heterocycles. The van der Waals surface area contributed by atoms with Gasteiger partial charge in [-0.25, -0.2) is 0 Å². The van der Waals surface area contributed by atoms with Crippen LogP contribution in [-0.2, 0) is 15.7 Å². The van der Waals surface area contributed by atoms with E-state index in [9.17, 15) is 4.79 Å². The van der Waals surface area contributed by atoms with Gasteiger partial charge in [0.25, 0.3) is 0 Å². The van der Waals surface area contributed by atoms with Crippen molar-refractivity contribution < 1.29 is 9.53 Å². The van der Waals surface area contributed by atoms with E-state index in [2.05, 4.69) is 69.3 Å². The van der Waals surface area contributed by atoms with Gasteiger partial charge in [-0.3, -0.25) is 14.5 Å². The van der Waals surface area contributed by atoms with Gasteiger partial charge in [-0.05, 0) is 131 Å². The first-order chi connectivity index (χ1) is 20.1. The van der Waals surface area contributed by atoms with Crippen LogP contribution in [0.4, 0.5) is 0 Å². The summed E-state index contributed by atoms with van der Waals surface area (Å²) in [6, 6.07) is 11.1. The molecule has 4 aliphatic carbocycles. The van der Waals surface area contributed by atoms with Crippen LogP contribution >= 0.6 is 0 Å². The maximum Gasteiger partial charge on any atom is 0.145 e. The summed E-state index contributed by atoms with van der Waals surface area (Å²) in [7, 11) is 1.75. The highest BCUT2D eigenvalue weighted by Crippen LogP contribution is 2.61. The molecule has 3 aromatic rings. The van der Waals surface area contributed by atoms with E-state index in [0.29, 0.717) is 5.78 Å². The maximum absolute atomic E-state index is 14.3. The van der Waals surface area contributed by atoms with Gasteiger partial charge in [-0.2, -0.15) is 5.10 Å². The molecule has 7 rings (SSSR count). The van der Waals surface area contributed by atoms with E-state index in [1.165, 1.54) is 68.9 Å². The third kappa shape index (κ3) is 5.56. The predicted octanol–water partition coefficient (Wildman–Crippen LogP) is 8.93. The summed E-state index contributed by atoms with van der Waals surface area (Å²) in [5.41, 5.74) is 6.29. The van der Waals surface area contributed by atoms with E-state index in [1.54, 1.807) is 7.11 Å². The van der Waals surface area contributed by atoms with Gasteiger partial charge >= 0.3 is 0 Å². The molecule has 224 valence electrons. The van der Waals surface area contributed by atoms with Gasteiger partial charge in [-0.15, -0.1) is 0 Å². The smallest absolute Gasteiger partial charge is 0.145 e. The zero-order chi connectivity index (χ0) is 29.5. The number of methoxy groups -OCH3 is 1. The Morgan fingerprint density at radius 2 is 1.71 bits per heavy atom. The van der Waals surface area contributed by atoms with Crippen LogP contribution in [0.1, 0.15) is 121 Å². The molecule has 4 aliphatic rings. The molecule has 0 aliphatic heterocycles. The largest absolute Gasteiger partial charge is 0.496 e. The Balaban J connectivity index is 1.27. The van der Waals surface area contributed by atoms with E-state index in [1.807, 2.05) is 17.1 Å². The number of ether oxygens (including phenoxy) is 1. The minimum absolute atomic E-state index is 0.0749. The van der Waals surface area contributed by atoms with Crippen molar-refractivity contribution >= 4 is 5.78 Å². The maximum atomic E-state index is 14.3. The van der Waals surface area contributed by atoms with Crippen molar-refractivity contribution in [3.05, 3.63) is 65.7 Å². The fourth-order valence-electron chi connectivity index (χ4n) is 8.32. The molecule has 5 heteroatoms. The van der Waals surface area contributed by atoms with Crippen molar-refractivity contribution in [2.45, 2.75) is 122 Å². The lowest BCUT2D eigenvalue weighted by molar-refractivity contribution is -0.127. The van der Waals surface area contributed by atoms with E-state index in [-0.39, 0.29) is 28.2 Å². The third-order valence-corrected chi connectivity index (χ3v) is 11.1. The first kappa shape index (κ1) is 29.1. The van der Waals surface area contributed by atoms with Crippen molar-refractivity contribution in [1.82, 2.24) is 14.8 Å². The van der Waals surface area contributed by atoms with Crippen LogP contribution in [0, 0.1) is 18.3 Å². The Bertz CT molecular complexity index is 1400. The average Bonchev–Trinajstić information content (AvgIpc) is 3.53. The third-order valence-electron chi connectivity index (χ3n) is 11.1. The molecule has 0 saturated heterocycles. The number of hydrogen-bond donors (Lipinski definition) is 0. The Morgan fingerprint density at radius 3 is 2.33 bits per heavy atom. The zero-order valence-corrected chi connectivity index (χ0v) is 26.4. The Labute approximate surface area is 252 Å². The lowest BCUT2D eigenvalue weighted by Gasteiger charge is -2.55. The number of nitrogens with zero attached hydrogens (tertiary/aromatic N) is 3. The van der Waals surface area contributed by atoms with Crippen LogP contribution in [0.2, 0.25) is 0 Å². The summed E-state index contributed by atoms with van der Waals surface area (Å²) in [5, 5.41) is 4.64. The molecule has 42 heavy (non-hydrogen) atoms. The summed E-state index contributed by atoms with van der Waals surface area (Å²) >= 11 is 0. The molecule has 0 amide bonds. The number of hydrogen-bond acceptors (Lipinski definition) is 4. The number of benzene rings is 1. The van der Waals surface area contributed by atoms with E-state index >= 15 is 0 Å². The number of carbonyl (C=O) groups is 1. The molecular formula is C37H49N3O2. The number of carbonyl (C=O) groups excluding carboxylic acids is 1. The molecular weight excluding hydrogens is 518 g/mol. The summed E-state index contributed by atoms with van der Waals surface area (Å²) in [6.07, 6.45) is 19.9. The summed E-state index contributed by atoms with van der Waals surface area (Å²) in [6.45, 7) is 8.65. The van der Waals surface area contributed by atoms with Crippen LogP contribution in [0.5, 0.6) is 5.75 Å². The molecule has 1 aromatic carbocycles. The molecule has 1 atom stereocenters. The van der Waals surface area contributed by atoms with Gasteiger partial charge in [0, 0.05) is 23.9 Å². The molecule has 4 saturated carbocycles. The monoisotopic (exact) mass is 567 g/mol. The normalized spacial score (nSPS) is 25.4. The van der Waals surface area contributed by atoms with Gasteiger partial charge < -0.3 is 4.74 Å². The first-order valence-corrected chi connectivity index (χ1v) is 16.3. The predicted molar refractivity (Wildman–Crippen MR) is 169 cm³/mol. The standard InChI is InChI=1S/C37H49N3O2/c1-26-21-30(11-12-33(26)42-5)37-17-14-36(15-18-37,16-19-37)23-31(34(41)27-9-7-6-8-10-27)32-22-28(13-20-38-32)29-24-39-40(25-29)35(2,3)4/h11-13,20-22,24-25,27,31H,6-10,14-19,23H2,1-5H3. The van der Waals surface area contributed by atoms with Crippen LogP contribution < -0.4 is 4.74 Å². The molecule has 0 N–H and O–H groups in total. The minimum Gasteiger partial charge on any atom is -0.496 e. The quantitative estimate of drug-likeness (QED) is 0.273. The molecule has 5 nitrogen and oxygen atoms in total. The van der Waals surface area contributed by atoms with Crippen molar-refractivity contribution in [2.75, 3.05) is 7.11 Å². The van der Waals surface area contributed by atoms with Gasteiger partial charge in [0.1, 0.15) is 11.5 Å². The molecule has 2 heterocycles.